The third-order valence-corrected chi connectivity index (χ3v) is 3.45. The molecule has 0 saturated carbocycles. The lowest BCUT2D eigenvalue weighted by molar-refractivity contribution is -0.655. The second-order valence-electron chi connectivity index (χ2n) is 5.42. The Balaban J connectivity index is 0.000000299. The third kappa shape index (κ3) is 7.40. The van der Waals surface area contributed by atoms with Gasteiger partial charge in [0.25, 0.3) is 0 Å². The van der Waals surface area contributed by atoms with Crippen molar-refractivity contribution in [3.8, 4) is 0 Å². The van der Waals surface area contributed by atoms with Crippen LogP contribution in [0.4, 0.5) is 18.9 Å². The van der Waals surface area contributed by atoms with Gasteiger partial charge in [-0.1, -0.05) is 6.07 Å². The summed E-state index contributed by atoms with van der Waals surface area (Å²) in [6, 6.07) is 4.19. The molecular formula is C15H20F3N3O4. The van der Waals surface area contributed by atoms with Gasteiger partial charge in [-0.25, -0.2) is 0 Å². The molecule has 5 N–H and O–H groups in total. The van der Waals surface area contributed by atoms with Gasteiger partial charge in [0.05, 0.1) is 31.7 Å². The number of anilines is 1. The predicted octanol–water partition coefficient (Wildman–Crippen LogP) is -1.37. The molecule has 0 radical (unpaired) electrons. The number of benzene rings is 1. The molecule has 2 rings (SSSR count). The van der Waals surface area contributed by atoms with E-state index in [9.17, 15) is 27.9 Å². The van der Waals surface area contributed by atoms with E-state index in [2.05, 4.69) is 5.32 Å². The standard InChI is InChI=1S/C11H13F3N2.C4H7NO4/c12-11(13,14)9-2-1-3-10(8-9)16-6-4-15-5-7-16;5-2(4(8)9)1-3(6)7/h1-3,8,15H,4-7H2;2H,1,5H2,(H,6,7)(H,8,9). The Labute approximate surface area is 142 Å². The zero-order chi connectivity index (χ0) is 19.0. The molecule has 1 saturated heterocycles. The van der Waals surface area contributed by atoms with Crippen LogP contribution in [-0.4, -0.2) is 49.3 Å². The molecule has 7 nitrogen and oxygen atoms in total. The predicted molar refractivity (Wildman–Crippen MR) is 80.6 cm³/mol. The summed E-state index contributed by atoms with van der Waals surface area (Å²) in [5, 5.41) is 19.8. The van der Waals surface area contributed by atoms with Crippen molar-refractivity contribution in [2.45, 2.75) is 18.6 Å². The number of hydrogen-bond acceptors (Lipinski definition) is 5. The summed E-state index contributed by atoms with van der Waals surface area (Å²) in [6.45, 7) is 3.50. The van der Waals surface area contributed by atoms with Crippen molar-refractivity contribution in [2.24, 2.45) is 5.73 Å². The quantitative estimate of drug-likeness (QED) is 0.606. The number of aliphatic carboxylic acids is 2. The van der Waals surface area contributed by atoms with Gasteiger partial charge < -0.3 is 31.0 Å². The van der Waals surface area contributed by atoms with Crippen molar-refractivity contribution in [1.82, 2.24) is 0 Å². The van der Waals surface area contributed by atoms with E-state index in [1.165, 1.54) is 12.1 Å². The first-order chi connectivity index (χ1) is 11.6. The Bertz CT molecular complexity index is 590. The molecule has 1 aromatic rings. The molecule has 0 aliphatic carbocycles. The molecule has 0 amide bonds. The van der Waals surface area contributed by atoms with Crippen molar-refractivity contribution in [3.05, 3.63) is 29.8 Å². The zero-order valence-corrected chi connectivity index (χ0v) is 13.3. The molecule has 25 heavy (non-hydrogen) atoms. The van der Waals surface area contributed by atoms with Crippen molar-refractivity contribution in [3.63, 3.8) is 0 Å². The first kappa shape index (κ1) is 20.7. The van der Waals surface area contributed by atoms with Crippen molar-refractivity contribution in [2.75, 3.05) is 31.1 Å². The smallest absolute Gasteiger partial charge is 0.416 e. The molecule has 140 valence electrons. The topological polar surface area (TPSA) is 123 Å². The molecule has 1 heterocycles. The van der Waals surface area contributed by atoms with Gasteiger partial charge >= 0.3 is 12.1 Å². The van der Waals surface area contributed by atoms with Crippen LogP contribution in [0.15, 0.2) is 24.3 Å². The molecule has 1 fully saturated rings. The number of rotatable bonds is 4. The average Bonchev–Trinajstić information content (AvgIpc) is 2.55. The van der Waals surface area contributed by atoms with Crippen molar-refractivity contribution < 1.29 is 38.3 Å². The van der Waals surface area contributed by atoms with E-state index in [4.69, 9.17) is 10.8 Å². The average molecular weight is 363 g/mol. The van der Waals surface area contributed by atoms with E-state index in [0.717, 1.165) is 32.2 Å². The molecular weight excluding hydrogens is 343 g/mol. The number of carboxylic acids is 2. The van der Waals surface area contributed by atoms with Gasteiger partial charge in [-0.3, -0.25) is 4.79 Å². The summed E-state index contributed by atoms with van der Waals surface area (Å²) in [7, 11) is 0. The van der Waals surface area contributed by atoms with E-state index in [1.54, 1.807) is 6.07 Å². The van der Waals surface area contributed by atoms with Crippen LogP contribution in [0.25, 0.3) is 0 Å². The number of halogens is 3. The molecule has 0 aromatic heterocycles. The van der Waals surface area contributed by atoms with E-state index in [-0.39, 0.29) is 0 Å². The third-order valence-electron chi connectivity index (χ3n) is 3.45. The molecule has 1 aromatic carbocycles. The Morgan fingerprint density at radius 2 is 1.92 bits per heavy atom. The number of nitrogens with two attached hydrogens (primary N) is 2. The highest BCUT2D eigenvalue weighted by Crippen LogP contribution is 2.31. The fourth-order valence-corrected chi connectivity index (χ4v) is 2.15. The highest BCUT2D eigenvalue weighted by Gasteiger charge is 2.31. The number of piperazine rings is 1. The number of alkyl halides is 3. The summed E-state index contributed by atoms with van der Waals surface area (Å²) in [4.78, 5) is 21.5. The van der Waals surface area contributed by atoms with Crippen molar-refractivity contribution in [1.29, 1.82) is 0 Å². The normalized spacial score (nSPS) is 15.8. The lowest BCUT2D eigenvalue weighted by Gasteiger charge is -2.27. The highest BCUT2D eigenvalue weighted by atomic mass is 19.4. The number of carbonyl (C=O) groups excluding carboxylic acids is 1. The lowest BCUT2D eigenvalue weighted by atomic mass is 10.1. The molecule has 0 bridgehead atoms. The van der Waals surface area contributed by atoms with Crippen LogP contribution in [0.5, 0.6) is 0 Å². The minimum Gasteiger partial charge on any atom is -0.550 e. The fourth-order valence-electron chi connectivity index (χ4n) is 2.15. The molecule has 1 aliphatic heterocycles. The molecule has 1 unspecified atom stereocenters. The van der Waals surface area contributed by atoms with Gasteiger partial charge in [-0.2, -0.15) is 13.2 Å². The zero-order valence-electron chi connectivity index (χ0n) is 13.3. The monoisotopic (exact) mass is 363 g/mol. The number of nitrogens with zero attached hydrogens (tertiary/aromatic N) is 1. The van der Waals surface area contributed by atoms with Gasteiger partial charge in [-0.05, 0) is 18.2 Å². The maximum atomic E-state index is 12.5. The Hall–Kier alpha value is -2.33. The lowest BCUT2D eigenvalue weighted by Crippen LogP contribution is -2.89. The van der Waals surface area contributed by atoms with Crippen LogP contribution >= 0.6 is 0 Å². The van der Waals surface area contributed by atoms with Crippen LogP contribution in [-0.2, 0) is 15.8 Å². The van der Waals surface area contributed by atoms with E-state index in [1.807, 2.05) is 4.90 Å². The van der Waals surface area contributed by atoms with E-state index in [0.29, 0.717) is 5.69 Å². The maximum absolute atomic E-state index is 12.5. The first-order valence-corrected chi connectivity index (χ1v) is 7.53. The Kier molecular flexibility index (Phi) is 7.65. The summed E-state index contributed by atoms with van der Waals surface area (Å²) < 4.78 is 37.5. The number of carbonyl (C=O) groups is 2. The molecule has 1 atom stereocenters. The van der Waals surface area contributed by atoms with Crippen LogP contribution in [0, 0.1) is 0 Å². The Morgan fingerprint density at radius 1 is 1.32 bits per heavy atom. The molecule has 10 heteroatoms. The molecule has 0 spiro atoms. The van der Waals surface area contributed by atoms with Crippen LogP contribution < -0.4 is 21.1 Å². The maximum Gasteiger partial charge on any atom is 0.416 e. The van der Waals surface area contributed by atoms with Gasteiger partial charge in [0.1, 0.15) is 6.04 Å². The number of carboxylic acid groups (broad SMARTS) is 2. The van der Waals surface area contributed by atoms with Gasteiger partial charge in [-0.15, -0.1) is 0 Å². The van der Waals surface area contributed by atoms with Crippen LogP contribution in [0.3, 0.4) is 0 Å². The fraction of sp³-hybridized carbons (Fsp3) is 0.467. The van der Waals surface area contributed by atoms with Gasteiger partial charge in [0.15, 0.2) is 0 Å². The number of hydrogen-bond donors (Lipinski definition) is 3. The summed E-state index contributed by atoms with van der Waals surface area (Å²) in [5.74, 6) is -2.79. The SMILES string of the molecule is FC(F)(F)c1cccc(N2CC[NH2+]CC2)c1.NC(CC(=O)[O-])C(=O)O. The second-order valence-corrected chi connectivity index (χ2v) is 5.42. The summed E-state index contributed by atoms with van der Waals surface area (Å²) in [5.41, 5.74) is 4.90. The second kappa shape index (κ2) is 9.23. The van der Waals surface area contributed by atoms with E-state index < -0.39 is 36.1 Å². The van der Waals surface area contributed by atoms with E-state index >= 15 is 0 Å². The van der Waals surface area contributed by atoms with Crippen LogP contribution in [0.1, 0.15) is 12.0 Å². The van der Waals surface area contributed by atoms with Crippen LogP contribution in [0.2, 0.25) is 0 Å². The number of quaternary nitrogens is 1. The Morgan fingerprint density at radius 3 is 2.36 bits per heavy atom. The highest BCUT2D eigenvalue weighted by molar-refractivity contribution is 5.79. The van der Waals surface area contributed by atoms with Crippen molar-refractivity contribution >= 4 is 17.6 Å². The van der Waals surface area contributed by atoms with Gasteiger partial charge in [0.2, 0.25) is 0 Å². The minimum absolute atomic E-state index is 0.570. The summed E-state index contributed by atoms with van der Waals surface area (Å²) >= 11 is 0. The molecule has 1 aliphatic rings. The van der Waals surface area contributed by atoms with Gasteiger partial charge in [0, 0.05) is 18.1 Å². The summed E-state index contributed by atoms with van der Waals surface area (Å²) in [6.07, 6.45) is -4.90. The minimum atomic E-state index is -4.25. The largest absolute Gasteiger partial charge is 0.550 e. The first-order valence-electron chi connectivity index (χ1n) is 7.53.